The lowest BCUT2D eigenvalue weighted by atomic mass is 10.1. The molecule has 1 unspecified atom stereocenters. The Morgan fingerprint density at radius 2 is 0.534 bits per heavy atom. The van der Waals surface area contributed by atoms with Crippen molar-refractivity contribution in [1.29, 1.82) is 0 Å². The van der Waals surface area contributed by atoms with Gasteiger partial charge in [0.1, 0.15) is 13.2 Å². The van der Waals surface area contributed by atoms with Crippen molar-refractivity contribution in [1.82, 2.24) is 0 Å². The number of rotatable bonds is 51. The fourth-order valence-corrected chi connectivity index (χ4v) is 7.51. The van der Waals surface area contributed by atoms with Crippen LogP contribution in [0.3, 0.4) is 0 Å². The molecule has 0 rings (SSSR count). The van der Waals surface area contributed by atoms with Crippen molar-refractivity contribution >= 4 is 17.9 Å². The second-order valence-corrected chi connectivity index (χ2v) is 18.8. The maximum absolute atomic E-state index is 12.8. The van der Waals surface area contributed by atoms with E-state index in [4.69, 9.17) is 14.2 Å². The first-order valence-electron chi connectivity index (χ1n) is 29.3. The van der Waals surface area contributed by atoms with Crippen molar-refractivity contribution in [3.8, 4) is 0 Å². The molecule has 0 spiro atoms. The zero-order valence-corrected chi connectivity index (χ0v) is 46.8. The van der Waals surface area contributed by atoms with Crippen LogP contribution in [0.25, 0.3) is 0 Å². The molecular formula is C67H106O6. The number of allylic oxidation sites excluding steroid dienone is 24. The van der Waals surface area contributed by atoms with E-state index in [1.165, 1.54) is 51.4 Å². The van der Waals surface area contributed by atoms with Gasteiger partial charge in [-0.05, 0) is 122 Å². The molecule has 1 atom stereocenters. The fraction of sp³-hybridized carbons (Fsp3) is 0.597. The van der Waals surface area contributed by atoms with Gasteiger partial charge >= 0.3 is 17.9 Å². The Morgan fingerprint density at radius 3 is 0.863 bits per heavy atom. The third-order valence-corrected chi connectivity index (χ3v) is 11.8. The van der Waals surface area contributed by atoms with Crippen molar-refractivity contribution in [2.45, 2.75) is 245 Å². The number of carbonyl (C=O) groups excluding carboxylic acids is 3. The smallest absolute Gasteiger partial charge is 0.306 e. The Balaban J connectivity index is 4.45. The summed E-state index contributed by atoms with van der Waals surface area (Å²) in [7, 11) is 0. The van der Waals surface area contributed by atoms with Crippen molar-refractivity contribution < 1.29 is 28.6 Å². The topological polar surface area (TPSA) is 78.9 Å². The average molecular weight is 1010 g/mol. The predicted molar refractivity (Wildman–Crippen MR) is 315 cm³/mol. The second kappa shape index (κ2) is 59.8. The van der Waals surface area contributed by atoms with Crippen LogP contribution in [-0.2, 0) is 28.6 Å². The first-order valence-corrected chi connectivity index (χ1v) is 29.3. The van der Waals surface area contributed by atoms with Crippen LogP contribution in [0.5, 0.6) is 0 Å². The normalized spacial score (nSPS) is 13.2. The van der Waals surface area contributed by atoms with E-state index in [0.29, 0.717) is 19.3 Å². The summed E-state index contributed by atoms with van der Waals surface area (Å²) in [6.07, 6.45) is 85.6. The van der Waals surface area contributed by atoms with Crippen LogP contribution in [-0.4, -0.2) is 37.2 Å². The molecule has 0 saturated carbocycles. The molecule has 0 aliphatic carbocycles. The lowest BCUT2D eigenvalue weighted by molar-refractivity contribution is -0.167. The van der Waals surface area contributed by atoms with Crippen molar-refractivity contribution in [3.05, 3.63) is 146 Å². The van der Waals surface area contributed by atoms with Crippen LogP contribution >= 0.6 is 0 Å². The molecule has 6 nitrogen and oxygen atoms in total. The summed E-state index contributed by atoms with van der Waals surface area (Å²) in [6, 6.07) is 0. The summed E-state index contributed by atoms with van der Waals surface area (Å²) in [5.41, 5.74) is 0. The zero-order chi connectivity index (χ0) is 52.9. The first-order chi connectivity index (χ1) is 36.0. The maximum atomic E-state index is 12.8. The molecule has 0 radical (unpaired) electrons. The Labute approximate surface area is 448 Å². The van der Waals surface area contributed by atoms with E-state index in [1.807, 2.05) is 0 Å². The molecule has 6 heteroatoms. The van der Waals surface area contributed by atoms with Gasteiger partial charge in [0, 0.05) is 19.3 Å². The summed E-state index contributed by atoms with van der Waals surface area (Å²) < 4.78 is 16.8. The van der Waals surface area contributed by atoms with Gasteiger partial charge in [-0.3, -0.25) is 14.4 Å². The molecule has 0 amide bonds. The van der Waals surface area contributed by atoms with Gasteiger partial charge in [0.25, 0.3) is 0 Å². The van der Waals surface area contributed by atoms with Crippen LogP contribution in [0.2, 0.25) is 0 Å². The minimum atomic E-state index is -0.814. The van der Waals surface area contributed by atoms with E-state index in [0.717, 1.165) is 141 Å². The van der Waals surface area contributed by atoms with E-state index in [2.05, 4.69) is 167 Å². The highest BCUT2D eigenvalue weighted by atomic mass is 16.6. The summed E-state index contributed by atoms with van der Waals surface area (Å²) in [6.45, 7) is 6.34. The number of ether oxygens (including phenoxy) is 3. The van der Waals surface area contributed by atoms with E-state index in [-0.39, 0.29) is 37.5 Å². The molecule has 73 heavy (non-hydrogen) atoms. The Hall–Kier alpha value is -4.71. The van der Waals surface area contributed by atoms with Crippen molar-refractivity contribution in [3.63, 3.8) is 0 Å². The standard InChI is InChI=1S/C67H106O6/c1-4-7-10-13-16-19-22-24-26-28-29-30-31-32-33-34-35-36-37-39-40-42-45-48-51-54-57-60-66(69)72-63-64(62-71-65(68)59-56-53-50-47-44-21-18-15-12-9-6-3)73-67(70)61-58-55-52-49-46-43-41-38-27-25-23-20-17-14-11-8-5-2/h7-8,10-11,16-17,19-20,24-27,29-30,32-33,35-36,39-41,43,45,48,64H,4-6,9,12-15,18,21-23,28,31,34,37-38,42,44,46-47,49-63H2,1-3H3/b10-7-,11-8-,19-16-,20-17-,26-24-,27-25-,30-29-,33-32-,36-35-,40-39-,43-41-,48-45-. The van der Waals surface area contributed by atoms with Crippen molar-refractivity contribution in [2.75, 3.05) is 13.2 Å². The van der Waals surface area contributed by atoms with Gasteiger partial charge in [0.05, 0.1) is 0 Å². The number of hydrogen-bond donors (Lipinski definition) is 0. The van der Waals surface area contributed by atoms with E-state index >= 15 is 0 Å². The molecular weight excluding hydrogens is 901 g/mol. The minimum absolute atomic E-state index is 0.106. The Bertz CT molecular complexity index is 1630. The van der Waals surface area contributed by atoms with E-state index in [1.54, 1.807) is 0 Å². The molecule has 0 bridgehead atoms. The molecule has 0 aromatic rings. The summed E-state index contributed by atoms with van der Waals surface area (Å²) >= 11 is 0. The first kappa shape index (κ1) is 68.3. The molecule has 0 aromatic carbocycles. The van der Waals surface area contributed by atoms with Crippen LogP contribution in [0.4, 0.5) is 0 Å². The van der Waals surface area contributed by atoms with Gasteiger partial charge in [0.2, 0.25) is 0 Å². The quantitative estimate of drug-likeness (QED) is 0.0261. The highest BCUT2D eigenvalue weighted by Gasteiger charge is 2.19. The van der Waals surface area contributed by atoms with Gasteiger partial charge in [-0.1, -0.05) is 244 Å². The monoisotopic (exact) mass is 1010 g/mol. The van der Waals surface area contributed by atoms with Crippen LogP contribution < -0.4 is 0 Å². The number of esters is 3. The number of hydrogen-bond acceptors (Lipinski definition) is 6. The third kappa shape index (κ3) is 58.1. The SMILES string of the molecule is CC/C=C\C/C=C\C/C=C\C/C=C\C/C=C\C/C=C\C/C=C\C/C=C\CCCCC(=O)OCC(COC(=O)CCCCCCCCCCCCC)OC(=O)CCCCCC/C=C\C/C=C\C/C=C\C/C=C\CC. The van der Waals surface area contributed by atoms with Crippen LogP contribution in [0, 0.1) is 0 Å². The molecule has 0 saturated heterocycles. The van der Waals surface area contributed by atoms with Crippen LogP contribution in [0.15, 0.2) is 146 Å². The largest absolute Gasteiger partial charge is 0.462 e. The third-order valence-electron chi connectivity index (χ3n) is 11.8. The summed E-state index contributed by atoms with van der Waals surface area (Å²) in [5.74, 6) is -0.982. The number of carbonyl (C=O) groups is 3. The molecule has 0 aliphatic rings. The van der Waals surface area contributed by atoms with Gasteiger partial charge in [-0.25, -0.2) is 0 Å². The molecule has 0 heterocycles. The van der Waals surface area contributed by atoms with Crippen LogP contribution in [0.1, 0.15) is 239 Å². The summed E-state index contributed by atoms with van der Waals surface area (Å²) in [4.78, 5) is 38.1. The van der Waals surface area contributed by atoms with Gasteiger partial charge in [-0.2, -0.15) is 0 Å². The van der Waals surface area contributed by atoms with E-state index < -0.39 is 6.10 Å². The molecule has 410 valence electrons. The highest BCUT2D eigenvalue weighted by molar-refractivity contribution is 5.71. The van der Waals surface area contributed by atoms with Gasteiger partial charge < -0.3 is 14.2 Å². The fourth-order valence-electron chi connectivity index (χ4n) is 7.51. The van der Waals surface area contributed by atoms with Gasteiger partial charge in [0.15, 0.2) is 6.10 Å². The Morgan fingerprint density at radius 1 is 0.288 bits per heavy atom. The average Bonchev–Trinajstić information content (AvgIpc) is 3.39. The highest BCUT2D eigenvalue weighted by Crippen LogP contribution is 2.14. The predicted octanol–water partition coefficient (Wildman–Crippen LogP) is 20.0. The van der Waals surface area contributed by atoms with E-state index in [9.17, 15) is 14.4 Å². The minimum Gasteiger partial charge on any atom is -0.462 e. The summed E-state index contributed by atoms with van der Waals surface area (Å²) in [5, 5.41) is 0. The zero-order valence-electron chi connectivity index (χ0n) is 46.8. The molecule has 0 aliphatic heterocycles. The maximum Gasteiger partial charge on any atom is 0.306 e. The lowest BCUT2D eigenvalue weighted by Crippen LogP contribution is -2.30. The Kier molecular flexibility index (Phi) is 56.0. The second-order valence-electron chi connectivity index (χ2n) is 18.8. The number of unbranched alkanes of at least 4 members (excludes halogenated alkanes) is 16. The van der Waals surface area contributed by atoms with Crippen molar-refractivity contribution in [2.24, 2.45) is 0 Å². The molecule has 0 fully saturated rings. The van der Waals surface area contributed by atoms with Gasteiger partial charge in [-0.15, -0.1) is 0 Å². The molecule has 0 aromatic heterocycles. The molecule has 0 N–H and O–H groups in total. The lowest BCUT2D eigenvalue weighted by Gasteiger charge is -2.18.